The standard InChI is InChI=1S/C21H25NO4/c1-2-24-19-10-5-6-11-20(19)25-14-7-12-21(23)22-17-13-15-26-18-9-4-3-8-16(17)18/h3-6,8-11,17H,2,7,12-15H2,1H3,(H,22,23)/t17-/m0/s1. The highest BCUT2D eigenvalue weighted by Gasteiger charge is 2.22. The lowest BCUT2D eigenvalue weighted by Gasteiger charge is -2.26. The van der Waals surface area contributed by atoms with Crippen LogP contribution in [0.2, 0.25) is 0 Å². The largest absolute Gasteiger partial charge is 0.493 e. The van der Waals surface area contributed by atoms with E-state index in [-0.39, 0.29) is 11.9 Å². The van der Waals surface area contributed by atoms with Crippen molar-refractivity contribution >= 4 is 5.91 Å². The minimum Gasteiger partial charge on any atom is -0.493 e. The number of rotatable bonds is 8. The maximum atomic E-state index is 12.3. The molecule has 1 amide bonds. The van der Waals surface area contributed by atoms with Crippen LogP contribution in [0.4, 0.5) is 0 Å². The lowest BCUT2D eigenvalue weighted by Crippen LogP contribution is -2.32. The Hall–Kier alpha value is -2.69. The van der Waals surface area contributed by atoms with Gasteiger partial charge in [-0.25, -0.2) is 0 Å². The van der Waals surface area contributed by atoms with Crippen LogP contribution >= 0.6 is 0 Å². The van der Waals surface area contributed by atoms with Gasteiger partial charge in [0, 0.05) is 18.4 Å². The molecule has 5 nitrogen and oxygen atoms in total. The molecular formula is C21H25NO4. The van der Waals surface area contributed by atoms with E-state index in [1.165, 1.54) is 0 Å². The Kier molecular flexibility index (Phi) is 6.36. The second-order valence-corrected chi connectivity index (χ2v) is 6.13. The van der Waals surface area contributed by atoms with Crippen molar-refractivity contribution in [1.29, 1.82) is 0 Å². The van der Waals surface area contributed by atoms with E-state index in [1.54, 1.807) is 0 Å². The maximum absolute atomic E-state index is 12.3. The molecule has 0 bridgehead atoms. The molecule has 0 aromatic heterocycles. The van der Waals surface area contributed by atoms with Crippen LogP contribution in [0.1, 0.15) is 37.8 Å². The van der Waals surface area contributed by atoms with Gasteiger partial charge in [-0.3, -0.25) is 4.79 Å². The van der Waals surface area contributed by atoms with Crippen LogP contribution < -0.4 is 19.5 Å². The lowest BCUT2D eigenvalue weighted by molar-refractivity contribution is -0.122. The highest BCUT2D eigenvalue weighted by atomic mass is 16.5. The molecule has 1 N–H and O–H groups in total. The molecule has 3 rings (SSSR count). The van der Waals surface area contributed by atoms with Crippen LogP contribution in [-0.2, 0) is 4.79 Å². The number of carbonyl (C=O) groups excluding carboxylic acids is 1. The Bertz CT molecular complexity index is 731. The van der Waals surface area contributed by atoms with Gasteiger partial charge >= 0.3 is 0 Å². The van der Waals surface area contributed by atoms with Gasteiger partial charge in [0.05, 0.1) is 25.9 Å². The van der Waals surface area contributed by atoms with E-state index in [0.29, 0.717) is 38.4 Å². The molecule has 1 aliphatic heterocycles. The predicted molar refractivity (Wildman–Crippen MR) is 99.8 cm³/mol. The van der Waals surface area contributed by atoms with Crippen LogP contribution in [0, 0.1) is 0 Å². The number of hydrogen-bond donors (Lipinski definition) is 1. The highest BCUT2D eigenvalue weighted by Crippen LogP contribution is 2.31. The third-order valence-corrected chi connectivity index (χ3v) is 4.25. The summed E-state index contributed by atoms with van der Waals surface area (Å²) in [6.45, 7) is 3.63. The number of hydrogen-bond acceptors (Lipinski definition) is 4. The zero-order valence-electron chi connectivity index (χ0n) is 15.1. The summed E-state index contributed by atoms with van der Waals surface area (Å²) in [4.78, 5) is 12.3. The number of para-hydroxylation sites is 3. The van der Waals surface area contributed by atoms with E-state index in [4.69, 9.17) is 14.2 Å². The first-order valence-electron chi connectivity index (χ1n) is 9.13. The Balaban J connectivity index is 1.44. The smallest absolute Gasteiger partial charge is 0.220 e. The number of benzene rings is 2. The summed E-state index contributed by atoms with van der Waals surface area (Å²) < 4.78 is 16.9. The van der Waals surface area contributed by atoms with E-state index >= 15 is 0 Å². The van der Waals surface area contributed by atoms with Crippen LogP contribution in [0.5, 0.6) is 17.2 Å². The van der Waals surface area contributed by atoms with Gasteiger partial charge in [-0.15, -0.1) is 0 Å². The number of carbonyl (C=O) groups is 1. The fraction of sp³-hybridized carbons (Fsp3) is 0.381. The van der Waals surface area contributed by atoms with Gasteiger partial charge in [0.25, 0.3) is 0 Å². The summed E-state index contributed by atoms with van der Waals surface area (Å²) in [7, 11) is 0. The third-order valence-electron chi connectivity index (χ3n) is 4.25. The second kappa shape index (κ2) is 9.13. The quantitative estimate of drug-likeness (QED) is 0.730. The first-order chi connectivity index (χ1) is 12.8. The molecule has 2 aromatic rings. The SMILES string of the molecule is CCOc1ccccc1OCCCC(=O)N[C@H]1CCOc2ccccc21. The average molecular weight is 355 g/mol. The molecule has 5 heteroatoms. The minimum absolute atomic E-state index is 0.0204. The third kappa shape index (κ3) is 4.69. The zero-order valence-corrected chi connectivity index (χ0v) is 15.1. The van der Waals surface area contributed by atoms with Crippen LogP contribution in [0.3, 0.4) is 0 Å². The predicted octanol–water partition coefficient (Wildman–Crippen LogP) is 3.88. The van der Waals surface area contributed by atoms with Gasteiger partial charge in [-0.05, 0) is 31.5 Å². The molecule has 0 aliphatic carbocycles. The summed E-state index contributed by atoms with van der Waals surface area (Å²) in [6.07, 6.45) is 1.87. The molecule has 138 valence electrons. The summed E-state index contributed by atoms with van der Waals surface area (Å²) in [5.74, 6) is 2.35. The molecule has 0 saturated heterocycles. The summed E-state index contributed by atoms with van der Waals surface area (Å²) in [5, 5.41) is 3.11. The van der Waals surface area contributed by atoms with E-state index in [0.717, 1.165) is 23.5 Å². The molecule has 1 aliphatic rings. The molecular weight excluding hydrogens is 330 g/mol. The second-order valence-electron chi connectivity index (χ2n) is 6.13. The minimum atomic E-state index is 0.0204. The molecule has 1 atom stereocenters. The fourth-order valence-corrected chi connectivity index (χ4v) is 3.02. The Labute approximate surface area is 154 Å². The molecule has 0 spiro atoms. The molecule has 0 unspecified atom stereocenters. The van der Waals surface area contributed by atoms with Gasteiger partial charge in [0.2, 0.25) is 5.91 Å². The Morgan fingerprint density at radius 1 is 1.12 bits per heavy atom. The Morgan fingerprint density at radius 2 is 1.85 bits per heavy atom. The molecule has 0 saturated carbocycles. The van der Waals surface area contributed by atoms with Crippen molar-refractivity contribution in [2.24, 2.45) is 0 Å². The normalized spacial score (nSPS) is 15.5. The van der Waals surface area contributed by atoms with E-state index in [2.05, 4.69) is 5.32 Å². The molecule has 26 heavy (non-hydrogen) atoms. The van der Waals surface area contributed by atoms with E-state index < -0.39 is 0 Å². The maximum Gasteiger partial charge on any atom is 0.220 e. The highest BCUT2D eigenvalue weighted by molar-refractivity contribution is 5.76. The first-order valence-corrected chi connectivity index (χ1v) is 9.13. The van der Waals surface area contributed by atoms with E-state index in [9.17, 15) is 4.79 Å². The number of nitrogens with one attached hydrogen (secondary N) is 1. The average Bonchev–Trinajstić information content (AvgIpc) is 2.67. The molecule has 1 heterocycles. The van der Waals surface area contributed by atoms with Crippen molar-refractivity contribution in [2.75, 3.05) is 19.8 Å². The lowest BCUT2D eigenvalue weighted by atomic mass is 10.0. The number of amides is 1. The molecule has 0 fully saturated rings. The van der Waals surface area contributed by atoms with Gasteiger partial charge in [0.1, 0.15) is 5.75 Å². The zero-order chi connectivity index (χ0) is 18.2. The fourth-order valence-electron chi connectivity index (χ4n) is 3.02. The Morgan fingerprint density at radius 3 is 2.65 bits per heavy atom. The molecule has 2 aromatic carbocycles. The first kappa shape index (κ1) is 18.1. The monoisotopic (exact) mass is 355 g/mol. The van der Waals surface area contributed by atoms with Gasteiger partial charge in [0.15, 0.2) is 11.5 Å². The topological polar surface area (TPSA) is 56.8 Å². The summed E-state index contributed by atoms with van der Waals surface area (Å²) >= 11 is 0. The van der Waals surface area contributed by atoms with E-state index in [1.807, 2.05) is 55.5 Å². The van der Waals surface area contributed by atoms with Crippen molar-refractivity contribution in [3.63, 3.8) is 0 Å². The van der Waals surface area contributed by atoms with Crippen LogP contribution in [0.25, 0.3) is 0 Å². The summed E-state index contributed by atoms with van der Waals surface area (Å²) in [5.41, 5.74) is 1.05. The van der Waals surface area contributed by atoms with Crippen molar-refractivity contribution < 1.29 is 19.0 Å². The number of fused-ring (bicyclic) bond motifs is 1. The summed E-state index contributed by atoms with van der Waals surface area (Å²) in [6, 6.07) is 15.5. The van der Waals surface area contributed by atoms with Gasteiger partial charge < -0.3 is 19.5 Å². The number of ether oxygens (including phenoxy) is 3. The van der Waals surface area contributed by atoms with Crippen LogP contribution in [-0.4, -0.2) is 25.7 Å². The van der Waals surface area contributed by atoms with Crippen molar-refractivity contribution in [1.82, 2.24) is 5.32 Å². The van der Waals surface area contributed by atoms with Gasteiger partial charge in [-0.1, -0.05) is 30.3 Å². The van der Waals surface area contributed by atoms with Crippen molar-refractivity contribution in [2.45, 2.75) is 32.2 Å². The van der Waals surface area contributed by atoms with Gasteiger partial charge in [-0.2, -0.15) is 0 Å². The van der Waals surface area contributed by atoms with Crippen LogP contribution in [0.15, 0.2) is 48.5 Å². The van der Waals surface area contributed by atoms with Crippen molar-refractivity contribution in [3.8, 4) is 17.2 Å². The molecule has 0 radical (unpaired) electrons. The van der Waals surface area contributed by atoms with Crippen molar-refractivity contribution in [3.05, 3.63) is 54.1 Å².